The number of likely N-dealkylation sites (tertiary alicyclic amines) is 1. The van der Waals surface area contributed by atoms with Gasteiger partial charge in [-0.05, 0) is 30.5 Å². The highest BCUT2D eigenvalue weighted by Crippen LogP contribution is 2.24. The van der Waals surface area contributed by atoms with Crippen molar-refractivity contribution in [2.75, 3.05) is 13.1 Å². The van der Waals surface area contributed by atoms with Crippen LogP contribution in [0.3, 0.4) is 0 Å². The van der Waals surface area contributed by atoms with Crippen molar-refractivity contribution >= 4 is 33.4 Å². The van der Waals surface area contributed by atoms with E-state index in [0.717, 1.165) is 6.42 Å². The number of carbonyl (C=O) groups is 1. The van der Waals surface area contributed by atoms with E-state index >= 15 is 0 Å². The predicted octanol–water partition coefficient (Wildman–Crippen LogP) is 3.68. The molecule has 1 amide bonds. The summed E-state index contributed by atoms with van der Waals surface area (Å²) in [5.74, 6) is -0.278. The third-order valence-electron chi connectivity index (χ3n) is 3.20. The van der Waals surface area contributed by atoms with Crippen molar-refractivity contribution in [1.29, 1.82) is 0 Å². The topological polar surface area (TPSA) is 20.3 Å². The standard InChI is InChI=1S/C13H14BrClFNO/c1-8-7-17(3-2-12(8)15)13(18)9-4-10(14)6-11(16)5-9/h4-6,8,12H,2-3,7H2,1H3. The third-order valence-corrected chi connectivity index (χ3v) is 4.30. The first kappa shape index (κ1) is 13.8. The zero-order chi connectivity index (χ0) is 13.3. The Bertz CT molecular complexity index is 448. The normalized spacial score (nSPS) is 24.1. The van der Waals surface area contributed by atoms with Crippen LogP contribution in [0.2, 0.25) is 0 Å². The first-order valence-electron chi connectivity index (χ1n) is 5.87. The Morgan fingerprint density at radius 3 is 2.83 bits per heavy atom. The fraction of sp³-hybridized carbons (Fsp3) is 0.462. The van der Waals surface area contributed by atoms with Crippen LogP contribution in [0.5, 0.6) is 0 Å². The minimum atomic E-state index is -0.409. The highest BCUT2D eigenvalue weighted by molar-refractivity contribution is 9.10. The Labute approximate surface area is 119 Å². The lowest BCUT2D eigenvalue weighted by Gasteiger charge is -2.34. The van der Waals surface area contributed by atoms with Crippen molar-refractivity contribution in [3.8, 4) is 0 Å². The summed E-state index contributed by atoms with van der Waals surface area (Å²) in [6.07, 6.45) is 0.783. The fourth-order valence-corrected chi connectivity index (χ4v) is 2.80. The second-order valence-electron chi connectivity index (χ2n) is 4.69. The summed E-state index contributed by atoms with van der Waals surface area (Å²) in [6, 6.07) is 4.25. The highest BCUT2D eigenvalue weighted by atomic mass is 79.9. The van der Waals surface area contributed by atoms with Crippen LogP contribution in [0.4, 0.5) is 4.39 Å². The van der Waals surface area contributed by atoms with E-state index < -0.39 is 5.82 Å². The van der Waals surface area contributed by atoms with Gasteiger partial charge in [0.15, 0.2) is 0 Å². The molecule has 0 saturated carbocycles. The molecule has 0 aromatic heterocycles. The number of rotatable bonds is 1. The molecule has 1 aromatic carbocycles. The number of piperidine rings is 1. The summed E-state index contributed by atoms with van der Waals surface area (Å²) >= 11 is 9.32. The number of benzene rings is 1. The van der Waals surface area contributed by atoms with Crippen LogP contribution in [0.1, 0.15) is 23.7 Å². The molecule has 18 heavy (non-hydrogen) atoms. The molecule has 0 aliphatic carbocycles. The Kier molecular flexibility index (Phi) is 4.28. The van der Waals surface area contributed by atoms with Crippen LogP contribution in [0, 0.1) is 11.7 Å². The highest BCUT2D eigenvalue weighted by Gasteiger charge is 2.28. The summed E-state index contributed by atoms with van der Waals surface area (Å²) < 4.78 is 13.8. The average molecular weight is 335 g/mol. The van der Waals surface area contributed by atoms with Crippen molar-refractivity contribution in [2.24, 2.45) is 5.92 Å². The maximum absolute atomic E-state index is 13.3. The van der Waals surface area contributed by atoms with Gasteiger partial charge in [0.1, 0.15) is 5.82 Å². The second kappa shape index (κ2) is 5.57. The molecule has 1 aliphatic heterocycles. The largest absolute Gasteiger partial charge is 0.338 e. The molecular weight excluding hydrogens is 321 g/mol. The monoisotopic (exact) mass is 333 g/mol. The molecule has 1 aliphatic rings. The van der Waals surface area contributed by atoms with Crippen LogP contribution < -0.4 is 0 Å². The van der Waals surface area contributed by atoms with Crippen LogP contribution >= 0.6 is 27.5 Å². The number of alkyl halides is 1. The van der Waals surface area contributed by atoms with Gasteiger partial charge in [0, 0.05) is 28.5 Å². The summed E-state index contributed by atoms with van der Waals surface area (Å²) in [5.41, 5.74) is 0.377. The van der Waals surface area contributed by atoms with E-state index in [0.29, 0.717) is 23.1 Å². The predicted molar refractivity (Wildman–Crippen MR) is 73.4 cm³/mol. The first-order valence-corrected chi connectivity index (χ1v) is 7.10. The molecule has 0 radical (unpaired) electrons. The Balaban J connectivity index is 2.16. The van der Waals surface area contributed by atoms with Gasteiger partial charge in [-0.25, -0.2) is 4.39 Å². The molecule has 0 bridgehead atoms. The van der Waals surface area contributed by atoms with Gasteiger partial charge < -0.3 is 4.90 Å². The maximum atomic E-state index is 13.3. The maximum Gasteiger partial charge on any atom is 0.254 e. The smallest absolute Gasteiger partial charge is 0.254 e. The van der Waals surface area contributed by atoms with Crippen LogP contribution in [0.15, 0.2) is 22.7 Å². The van der Waals surface area contributed by atoms with Gasteiger partial charge in [-0.2, -0.15) is 0 Å². The van der Waals surface area contributed by atoms with Crippen molar-refractivity contribution in [3.05, 3.63) is 34.1 Å². The van der Waals surface area contributed by atoms with Crippen LogP contribution in [0.25, 0.3) is 0 Å². The Morgan fingerprint density at radius 2 is 2.22 bits per heavy atom. The quantitative estimate of drug-likeness (QED) is 0.718. The lowest BCUT2D eigenvalue weighted by Crippen LogP contribution is -2.43. The van der Waals surface area contributed by atoms with Crippen LogP contribution in [-0.4, -0.2) is 29.3 Å². The molecule has 0 spiro atoms. The Morgan fingerprint density at radius 1 is 1.50 bits per heavy atom. The molecule has 1 heterocycles. The zero-order valence-corrected chi connectivity index (χ0v) is 12.3. The lowest BCUT2D eigenvalue weighted by atomic mass is 9.99. The van der Waals surface area contributed by atoms with Crippen molar-refractivity contribution in [2.45, 2.75) is 18.7 Å². The molecule has 2 atom stereocenters. The lowest BCUT2D eigenvalue weighted by molar-refractivity contribution is 0.0686. The van der Waals surface area contributed by atoms with Gasteiger partial charge in [0.05, 0.1) is 0 Å². The SMILES string of the molecule is CC1CN(C(=O)c2cc(F)cc(Br)c2)CCC1Cl. The number of hydrogen-bond donors (Lipinski definition) is 0. The summed E-state index contributed by atoms with van der Waals surface area (Å²) in [6.45, 7) is 3.28. The van der Waals surface area contributed by atoms with Gasteiger partial charge in [-0.3, -0.25) is 4.79 Å². The molecular formula is C13H14BrClFNO. The molecule has 2 unspecified atom stereocenters. The molecule has 1 saturated heterocycles. The number of hydrogen-bond acceptors (Lipinski definition) is 1. The molecule has 1 fully saturated rings. The van der Waals surface area contributed by atoms with Crippen molar-refractivity contribution in [1.82, 2.24) is 4.90 Å². The summed E-state index contributed by atoms with van der Waals surface area (Å²) in [4.78, 5) is 14.0. The van der Waals surface area contributed by atoms with Gasteiger partial charge in [0.25, 0.3) is 5.91 Å². The van der Waals surface area contributed by atoms with Crippen LogP contribution in [-0.2, 0) is 0 Å². The number of amides is 1. The molecule has 98 valence electrons. The average Bonchev–Trinajstić information content (AvgIpc) is 2.30. The van der Waals surface area contributed by atoms with E-state index in [-0.39, 0.29) is 17.2 Å². The molecule has 2 rings (SSSR count). The minimum Gasteiger partial charge on any atom is -0.338 e. The van der Waals surface area contributed by atoms with E-state index in [1.54, 1.807) is 11.0 Å². The first-order chi connectivity index (χ1) is 8.47. The second-order valence-corrected chi connectivity index (χ2v) is 6.17. The van der Waals surface area contributed by atoms with Gasteiger partial charge >= 0.3 is 0 Å². The van der Waals surface area contributed by atoms with E-state index in [1.807, 2.05) is 6.92 Å². The number of carbonyl (C=O) groups excluding carboxylic acids is 1. The zero-order valence-electron chi connectivity index (χ0n) is 10.00. The molecule has 5 heteroatoms. The van der Waals surface area contributed by atoms with E-state index in [1.165, 1.54) is 12.1 Å². The Hall–Kier alpha value is -0.610. The summed E-state index contributed by atoms with van der Waals surface area (Å²) in [5, 5.41) is 0.119. The number of halogens is 3. The fourth-order valence-electron chi connectivity index (χ4n) is 2.16. The van der Waals surface area contributed by atoms with Crippen molar-refractivity contribution < 1.29 is 9.18 Å². The molecule has 2 nitrogen and oxygen atoms in total. The van der Waals surface area contributed by atoms with Crippen molar-refractivity contribution in [3.63, 3.8) is 0 Å². The summed E-state index contributed by atoms with van der Waals surface area (Å²) in [7, 11) is 0. The van der Waals surface area contributed by atoms with Gasteiger partial charge in [0.2, 0.25) is 0 Å². The molecule has 1 aromatic rings. The van der Waals surface area contributed by atoms with E-state index in [9.17, 15) is 9.18 Å². The molecule has 0 N–H and O–H groups in total. The third kappa shape index (κ3) is 3.04. The number of nitrogens with zero attached hydrogens (tertiary/aromatic N) is 1. The van der Waals surface area contributed by atoms with E-state index in [2.05, 4.69) is 15.9 Å². The van der Waals surface area contributed by atoms with E-state index in [4.69, 9.17) is 11.6 Å². The van der Waals surface area contributed by atoms with Gasteiger partial charge in [-0.15, -0.1) is 11.6 Å². The van der Waals surface area contributed by atoms with Gasteiger partial charge in [-0.1, -0.05) is 22.9 Å². The minimum absolute atomic E-state index is 0.119.